The Morgan fingerprint density at radius 2 is 2.00 bits per heavy atom. The van der Waals surface area contributed by atoms with Gasteiger partial charge in [0.15, 0.2) is 11.6 Å². The monoisotopic (exact) mass is 465 g/mol. The maximum absolute atomic E-state index is 12.3. The van der Waals surface area contributed by atoms with Crippen molar-refractivity contribution >= 4 is 23.4 Å². The lowest BCUT2D eigenvalue weighted by molar-refractivity contribution is -0.0498. The third-order valence-electron chi connectivity index (χ3n) is 4.05. The van der Waals surface area contributed by atoms with Crippen molar-refractivity contribution in [2.24, 2.45) is 0 Å². The molecule has 4 aromatic rings. The molecular weight excluding hydrogens is 452 g/mol. The molecule has 0 aliphatic carbocycles. The minimum Gasteiger partial charge on any atom is -0.496 e. The second-order valence-electron chi connectivity index (χ2n) is 5.98. The Bertz CT molecular complexity index is 1170. The zero-order valence-corrected chi connectivity index (χ0v) is 17.4. The third-order valence-corrected chi connectivity index (χ3v) is 5.13. The van der Waals surface area contributed by atoms with Crippen molar-refractivity contribution in [1.29, 1.82) is 0 Å². The number of tetrazole rings is 1. The number of ether oxygens (including phenoxy) is 2. The minimum absolute atomic E-state index is 0.0486. The van der Waals surface area contributed by atoms with Crippen molar-refractivity contribution < 1.29 is 18.3 Å². The van der Waals surface area contributed by atoms with Crippen molar-refractivity contribution in [2.45, 2.75) is 17.5 Å². The van der Waals surface area contributed by atoms with Gasteiger partial charge < -0.3 is 9.47 Å². The van der Waals surface area contributed by atoms with E-state index >= 15 is 0 Å². The summed E-state index contributed by atoms with van der Waals surface area (Å²) in [5, 5.41) is 19.7. The zero-order chi connectivity index (χ0) is 21.8. The number of hydrogen-bond donors (Lipinski definition) is 1. The number of rotatable bonds is 8. The molecule has 31 heavy (non-hydrogen) atoms. The molecule has 1 N–H and O–H groups in total. The first-order chi connectivity index (χ1) is 15.0. The summed E-state index contributed by atoms with van der Waals surface area (Å²) in [4.78, 5) is 4.46. The molecule has 0 aliphatic rings. The van der Waals surface area contributed by atoms with Gasteiger partial charge in [0.25, 0.3) is 0 Å². The van der Waals surface area contributed by atoms with Crippen LogP contribution in [0.1, 0.15) is 5.82 Å². The fourth-order valence-electron chi connectivity index (χ4n) is 2.69. The van der Waals surface area contributed by atoms with Crippen LogP contribution in [0.2, 0.25) is 5.02 Å². The lowest BCUT2D eigenvalue weighted by atomic mass is 10.2. The van der Waals surface area contributed by atoms with Gasteiger partial charge in [0.2, 0.25) is 5.16 Å². The van der Waals surface area contributed by atoms with E-state index in [1.807, 2.05) is 0 Å². The van der Waals surface area contributed by atoms with Crippen LogP contribution < -0.4 is 9.47 Å². The molecule has 0 amide bonds. The maximum Gasteiger partial charge on any atom is 0.387 e. The van der Waals surface area contributed by atoms with Crippen molar-refractivity contribution in [3.8, 4) is 28.6 Å². The van der Waals surface area contributed by atoms with Crippen molar-refractivity contribution in [3.05, 3.63) is 53.3 Å². The Morgan fingerprint density at radius 3 is 2.74 bits per heavy atom. The lowest BCUT2D eigenvalue weighted by Gasteiger charge is -2.06. The summed E-state index contributed by atoms with van der Waals surface area (Å²) in [7, 11) is 1.56. The van der Waals surface area contributed by atoms with Crippen LogP contribution in [0.25, 0.3) is 17.1 Å². The molecule has 13 heteroatoms. The zero-order valence-electron chi connectivity index (χ0n) is 15.9. The summed E-state index contributed by atoms with van der Waals surface area (Å²) in [5.41, 5.74) is 1.28. The van der Waals surface area contributed by atoms with E-state index in [1.165, 1.54) is 28.6 Å². The molecule has 0 saturated heterocycles. The molecule has 0 bridgehead atoms. The summed E-state index contributed by atoms with van der Waals surface area (Å²) in [6.07, 6.45) is 0. The highest BCUT2D eigenvalue weighted by Crippen LogP contribution is 2.31. The van der Waals surface area contributed by atoms with E-state index in [0.29, 0.717) is 44.6 Å². The Morgan fingerprint density at radius 1 is 1.19 bits per heavy atom. The quantitative estimate of drug-likeness (QED) is 0.389. The normalized spacial score (nSPS) is 11.1. The first kappa shape index (κ1) is 21.0. The Kier molecular flexibility index (Phi) is 6.28. The molecule has 0 saturated carbocycles. The molecule has 0 spiro atoms. The second-order valence-corrected chi connectivity index (χ2v) is 7.36. The SMILES string of the molecule is COc1ccc(Cl)cc1-c1nc(SCc2nnnn2-c2ccc(OC(F)F)cc2)n[nH]1. The second kappa shape index (κ2) is 9.27. The number of halogens is 3. The van der Waals surface area contributed by atoms with Crippen LogP contribution in [0.4, 0.5) is 8.78 Å². The molecule has 2 aromatic heterocycles. The molecular formula is C18H14ClF2N7O2S. The number of hydrogen-bond acceptors (Lipinski definition) is 8. The van der Waals surface area contributed by atoms with E-state index < -0.39 is 6.61 Å². The van der Waals surface area contributed by atoms with Gasteiger partial charge in [-0.1, -0.05) is 23.4 Å². The van der Waals surface area contributed by atoms with Gasteiger partial charge in [0.05, 0.1) is 24.1 Å². The van der Waals surface area contributed by atoms with Crippen LogP contribution >= 0.6 is 23.4 Å². The Labute approximate surface area is 183 Å². The summed E-state index contributed by atoms with van der Waals surface area (Å²) in [6, 6.07) is 11.2. The predicted molar refractivity (Wildman–Crippen MR) is 109 cm³/mol. The summed E-state index contributed by atoms with van der Waals surface area (Å²) in [6.45, 7) is -2.89. The van der Waals surface area contributed by atoms with E-state index in [1.54, 1.807) is 37.4 Å². The van der Waals surface area contributed by atoms with E-state index in [4.69, 9.17) is 16.3 Å². The maximum atomic E-state index is 12.3. The van der Waals surface area contributed by atoms with Crippen LogP contribution in [-0.4, -0.2) is 49.1 Å². The van der Waals surface area contributed by atoms with Crippen LogP contribution in [0, 0.1) is 0 Å². The van der Waals surface area contributed by atoms with Crippen LogP contribution in [0.3, 0.4) is 0 Å². The number of methoxy groups -OCH3 is 1. The van der Waals surface area contributed by atoms with Gasteiger partial charge >= 0.3 is 6.61 Å². The molecule has 9 nitrogen and oxygen atoms in total. The standard InChI is InChI=1S/C18H14ClF2N7O2S/c1-29-14-7-2-10(19)8-13(14)16-22-18(25-24-16)31-9-15-23-26-27-28(15)11-3-5-12(6-4-11)30-17(20)21/h2-8,17H,9H2,1H3,(H,22,24,25). The number of aromatic amines is 1. The van der Waals surface area contributed by atoms with Crippen LogP contribution in [-0.2, 0) is 5.75 Å². The summed E-state index contributed by atoms with van der Waals surface area (Å²) in [5.74, 6) is 2.06. The van der Waals surface area contributed by atoms with E-state index in [-0.39, 0.29) is 5.75 Å². The van der Waals surface area contributed by atoms with Gasteiger partial charge in [-0.05, 0) is 52.9 Å². The Hall–Kier alpha value is -3.25. The molecule has 0 atom stereocenters. The topological polar surface area (TPSA) is 104 Å². The smallest absolute Gasteiger partial charge is 0.387 e. The minimum atomic E-state index is -2.89. The lowest BCUT2D eigenvalue weighted by Crippen LogP contribution is -2.04. The number of aromatic nitrogens is 7. The summed E-state index contributed by atoms with van der Waals surface area (Å²) >= 11 is 7.39. The van der Waals surface area contributed by atoms with Crippen molar-refractivity contribution in [1.82, 2.24) is 35.4 Å². The van der Waals surface area contributed by atoms with Gasteiger partial charge in [-0.15, -0.1) is 10.2 Å². The fraction of sp³-hybridized carbons (Fsp3) is 0.167. The first-order valence-electron chi connectivity index (χ1n) is 8.75. The number of nitrogens with one attached hydrogen (secondary N) is 1. The number of H-pyrrole nitrogens is 1. The first-order valence-corrected chi connectivity index (χ1v) is 10.1. The van der Waals surface area contributed by atoms with Gasteiger partial charge in [-0.3, -0.25) is 5.10 Å². The van der Waals surface area contributed by atoms with E-state index in [0.717, 1.165) is 0 Å². The van der Waals surface area contributed by atoms with Gasteiger partial charge in [-0.2, -0.15) is 13.5 Å². The molecule has 160 valence electrons. The molecule has 0 aliphatic heterocycles. The highest BCUT2D eigenvalue weighted by Gasteiger charge is 2.15. The van der Waals surface area contributed by atoms with Crippen LogP contribution in [0.15, 0.2) is 47.6 Å². The molecule has 2 heterocycles. The molecule has 0 radical (unpaired) electrons. The molecule has 0 unspecified atom stereocenters. The molecule has 0 fully saturated rings. The van der Waals surface area contributed by atoms with E-state index in [9.17, 15) is 8.78 Å². The average Bonchev–Trinajstić information content (AvgIpc) is 3.42. The largest absolute Gasteiger partial charge is 0.496 e. The number of nitrogens with zero attached hydrogens (tertiary/aromatic N) is 6. The van der Waals surface area contributed by atoms with E-state index in [2.05, 4.69) is 35.4 Å². The number of benzene rings is 2. The van der Waals surface area contributed by atoms with Gasteiger partial charge in [0, 0.05) is 5.02 Å². The van der Waals surface area contributed by atoms with Crippen molar-refractivity contribution in [3.63, 3.8) is 0 Å². The highest BCUT2D eigenvalue weighted by atomic mass is 35.5. The average molecular weight is 466 g/mol. The third kappa shape index (κ3) is 4.91. The van der Waals surface area contributed by atoms with Crippen LogP contribution in [0.5, 0.6) is 11.5 Å². The molecule has 4 rings (SSSR count). The number of alkyl halides is 2. The Balaban J connectivity index is 1.47. The number of thioether (sulfide) groups is 1. The highest BCUT2D eigenvalue weighted by molar-refractivity contribution is 7.98. The molecule has 2 aromatic carbocycles. The van der Waals surface area contributed by atoms with Gasteiger partial charge in [0.1, 0.15) is 11.5 Å². The predicted octanol–water partition coefficient (Wildman–Crippen LogP) is 4.00. The fourth-order valence-corrected chi connectivity index (χ4v) is 3.57. The van der Waals surface area contributed by atoms with Gasteiger partial charge in [-0.25, -0.2) is 4.98 Å². The summed E-state index contributed by atoms with van der Waals surface area (Å²) < 4.78 is 35.8. The van der Waals surface area contributed by atoms with Crippen molar-refractivity contribution in [2.75, 3.05) is 7.11 Å².